The van der Waals surface area contributed by atoms with Crippen LogP contribution in [0.15, 0.2) is 18.2 Å². The second kappa shape index (κ2) is 6.56. The van der Waals surface area contributed by atoms with E-state index in [1.54, 1.807) is 6.92 Å². The molecule has 0 saturated carbocycles. The lowest BCUT2D eigenvalue weighted by Crippen LogP contribution is -2.30. The number of aliphatic hydroxyl groups excluding tert-OH is 1. The Balaban J connectivity index is 2.20. The number of hydrogen-bond acceptors (Lipinski definition) is 5. The summed E-state index contributed by atoms with van der Waals surface area (Å²) in [4.78, 5) is 12.3. The number of nitrogens with zero attached hydrogens (tertiary/aromatic N) is 2. The van der Waals surface area contributed by atoms with Crippen LogP contribution >= 0.6 is 0 Å². The molecule has 1 aromatic heterocycles. The van der Waals surface area contributed by atoms with Gasteiger partial charge in [-0.05, 0) is 19.1 Å². The summed E-state index contributed by atoms with van der Waals surface area (Å²) in [6.07, 6.45) is -0.0483. The van der Waals surface area contributed by atoms with E-state index in [2.05, 4.69) is 5.10 Å². The van der Waals surface area contributed by atoms with Crippen molar-refractivity contribution in [1.29, 1.82) is 0 Å². The third-order valence-electron chi connectivity index (χ3n) is 3.73. The van der Waals surface area contributed by atoms with Crippen LogP contribution < -0.4 is 4.74 Å². The van der Waals surface area contributed by atoms with Crippen molar-refractivity contribution >= 4 is 5.97 Å². The zero-order valence-electron chi connectivity index (χ0n) is 13.0. The molecule has 1 aromatic carbocycles. The Kier molecular flexibility index (Phi) is 4.48. The maximum absolute atomic E-state index is 14.2. The van der Waals surface area contributed by atoms with Gasteiger partial charge in [-0.25, -0.2) is 18.3 Å². The third-order valence-corrected chi connectivity index (χ3v) is 3.73. The van der Waals surface area contributed by atoms with Gasteiger partial charge in [0.05, 0.1) is 18.8 Å². The Morgan fingerprint density at radius 2 is 2.17 bits per heavy atom. The molecular weight excluding hydrogens is 322 g/mol. The number of carbonyl (C=O) groups excluding carboxylic acids is 1. The highest BCUT2D eigenvalue weighted by molar-refractivity contribution is 5.99. The molecule has 128 valence electrons. The van der Waals surface area contributed by atoms with E-state index >= 15 is 0 Å². The van der Waals surface area contributed by atoms with E-state index in [0.717, 1.165) is 12.1 Å². The Morgan fingerprint density at radius 1 is 1.46 bits per heavy atom. The molecule has 0 spiro atoms. The minimum absolute atomic E-state index is 0.0522. The van der Waals surface area contributed by atoms with Gasteiger partial charge in [0.2, 0.25) is 5.88 Å². The Morgan fingerprint density at radius 3 is 2.79 bits per heavy atom. The molecule has 1 aliphatic heterocycles. The quantitative estimate of drug-likeness (QED) is 0.865. The number of aromatic nitrogens is 2. The lowest BCUT2D eigenvalue weighted by atomic mass is 10.1. The minimum Gasteiger partial charge on any atom is -0.471 e. The van der Waals surface area contributed by atoms with Gasteiger partial charge in [0.1, 0.15) is 29.0 Å². The second-order valence-electron chi connectivity index (χ2n) is 5.28. The number of benzene rings is 1. The number of fused-ring (bicyclic) bond motifs is 1. The first-order valence-corrected chi connectivity index (χ1v) is 7.56. The first-order chi connectivity index (χ1) is 11.6. The lowest BCUT2D eigenvalue weighted by Gasteiger charge is -2.23. The zero-order chi connectivity index (χ0) is 17.3. The summed E-state index contributed by atoms with van der Waals surface area (Å²) in [7, 11) is 0. The van der Waals surface area contributed by atoms with E-state index in [1.807, 2.05) is 0 Å². The SMILES string of the molecule is CCOC(=O)c1c(-c2c(F)cccc2F)nn2c1OC(CO)CC2. The van der Waals surface area contributed by atoms with Crippen molar-refractivity contribution in [3.8, 4) is 17.1 Å². The summed E-state index contributed by atoms with van der Waals surface area (Å²) in [6.45, 7) is 1.82. The number of aryl methyl sites for hydroxylation is 1. The number of hydrogen-bond donors (Lipinski definition) is 1. The van der Waals surface area contributed by atoms with Crippen LogP contribution in [0, 0.1) is 11.6 Å². The van der Waals surface area contributed by atoms with E-state index in [9.17, 15) is 18.7 Å². The molecule has 0 bridgehead atoms. The number of rotatable bonds is 4. The highest BCUT2D eigenvalue weighted by Gasteiger charge is 2.33. The van der Waals surface area contributed by atoms with Gasteiger partial charge in [0, 0.05) is 13.0 Å². The van der Waals surface area contributed by atoms with E-state index in [4.69, 9.17) is 9.47 Å². The highest BCUT2D eigenvalue weighted by atomic mass is 19.1. The van der Waals surface area contributed by atoms with Crippen LogP contribution in [0.5, 0.6) is 5.88 Å². The number of ether oxygens (including phenoxy) is 2. The van der Waals surface area contributed by atoms with Crippen LogP contribution in [0.3, 0.4) is 0 Å². The van der Waals surface area contributed by atoms with Crippen LogP contribution in [-0.2, 0) is 11.3 Å². The van der Waals surface area contributed by atoms with Gasteiger partial charge in [-0.3, -0.25) is 0 Å². The van der Waals surface area contributed by atoms with E-state index in [-0.39, 0.29) is 30.4 Å². The highest BCUT2D eigenvalue weighted by Crippen LogP contribution is 2.36. The molecule has 0 aliphatic carbocycles. The molecule has 1 atom stereocenters. The van der Waals surface area contributed by atoms with Crippen molar-refractivity contribution in [1.82, 2.24) is 9.78 Å². The monoisotopic (exact) mass is 338 g/mol. The van der Waals surface area contributed by atoms with Crippen LogP contribution in [0.25, 0.3) is 11.3 Å². The van der Waals surface area contributed by atoms with Crippen LogP contribution in [0.1, 0.15) is 23.7 Å². The average molecular weight is 338 g/mol. The first-order valence-electron chi connectivity index (χ1n) is 7.56. The van der Waals surface area contributed by atoms with Crippen molar-refractivity contribution in [3.63, 3.8) is 0 Å². The summed E-state index contributed by atoms with van der Waals surface area (Å²) in [6, 6.07) is 3.40. The van der Waals surface area contributed by atoms with Gasteiger partial charge >= 0.3 is 5.97 Å². The van der Waals surface area contributed by atoms with Crippen molar-refractivity contribution < 1.29 is 28.2 Å². The second-order valence-corrected chi connectivity index (χ2v) is 5.28. The van der Waals surface area contributed by atoms with Crippen LogP contribution in [0.2, 0.25) is 0 Å². The van der Waals surface area contributed by atoms with Gasteiger partial charge in [-0.1, -0.05) is 6.07 Å². The Labute approximate surface area is 136 Å². The maximum Gasteiger partial charge on any atom is 0.345 e. The summed E-state index contributed by atoms with van der Waals surface area (Å²) < 4.78 is 40.2. The summed E-state index contributed by atoms with van der Waals surface area (Å²) in [5.74, 6) is -2.41. The lowest BCUT2D eigenvalue weighted by molar-refractivity contribution is 0.0488. The largest absolute Gasteiger partial charge is 0.471 e. The zero-order valence-corrected chi connectivity index (χ0v) is 13.0. The van der Waals surface area contributed by atoms with Gasteiger partial charge in [-0.15, -0.1) is 0 Å². The molecule has 0 saturated heterocycles. The number of esters is 1. The average Bonchev–Trinajstić information content (AvgIpc) is 2.92. The molecule has 24 heavy (non-hydrogen) atoms. The van der Waals surface area contributed by atoms with Gasteiger partial charge < -0.3 is 14.6 Å². The molecule has 2 heterocycles. The Bertz CT molecular complexity index is 755. The van der Waals surface area contributed by atoms with Gasteiger partial charge in [0.15, 0.2) is 0 Å². The number of halogens is 2. The molecule has 0 fully saturated rings. The third kappa shape index (κ3) is 2.73. The van der Waals surface area contributed by atoms with Crippen molar-refractivity contribution in [2.24, 2.45) is 0 Å². The molecular formula is C16H16F2N2O4. The number of aliphatic hydroxyl groups is 1. The van der Waals surface area contributed by atoms with Crippen LogP contribution in [-0.4, -0.2) is 40.2 Å². The molecule has 1 unspecified atom stereocenters. The fourth-order valence-electron chi connectivity index (χ4n) is 2.62. The molecule has 1 N–H and O–H groups in total. The predicted molar refractivity (Wildman–Crippen MR) is 79.7 cm³/mol. The normalized spacial score (nSPS) is 16.4. The Hall–Kier alpha value is -2.48. The van der Waals surface area contributed by atoms with Crippen molar-refractivity contribution in [2.45, 2.75) is 26.0 Å². The van der Waals surface area contributed by atoms with E-state index in [0.29, 0.717) is 13.0 Å². The molecule has 6 nitrogen and oxygen atoms in total. The molecule has 0 amide bonds. The fraction of sp³-hybridized carbons (Fsp3) is 0.375. The standard InChI is InChI=1S/C16H16F2N2O4/c1-2-23-16(22)13-14(12-10(17)4-3-5-11(12)18)19-20-7-6-9(8-21)24-15(13)20/h3-5,9,21H,2,6-8H2,1H3. The minimum atomic E-state index is -0.838. The van der Waals surface area contributed by atoms with E-state index < -0.39 is 29.3 Å². The molecule has 1 aliphatic rings. The molecule has 8 heteroatoms. The summed E-state index contributed by atoms with van der Waals surface area (Å²) >= 11 is 0. The van der Waals surface area contributed by atoms with Gasteiger partial charge in [0.25, 0.3) is 0 Å². The van der Waals surface area contributed by atoms with Crippen molar-refractivity contribution in [2.75, 3.05) is 13.2 Å². The predicted octanol–water partition coefficient (Wildman–Crippen LogP) is 2.15. The smallest absolute Gasteiger partial charge is 0.345 e. The first kappa shape index (κ1) is 16.4. The summed E-state index contributed by atoms with van der Waals surface area (Å²) in [5.41, 5.74) is -0.719. The fourth-order valence-corrected chi connectivity index (χ4v) is 2.62. The number of carbonyl (C=O) groups is 1. The van der Waals surface area contributed by atoms with Crippen LogP contribution in [0.4, 0.5) is 8.78 Å². The topological polar surface area (TPSA) is 73.6 Å². The van der Waals surface area contributed by atoms with Gasteiger partial charge in [-0.2, -0.15) is 5.10 Å². The molecule has 0 radical (unpaired) electrons. The maximum atomic E-state index is 14.2. The van der Waals surface area contributed by atoms with E-state index in [1.165, 1.54) is 10.7 Å². The molecule has 3 rings (SSSR count). The molecule has 2 aromatic rings. The van der Waals surface area contributed by atoms with Crippen molar-refractivity contribution in [3.05, 3.63) is 35.4 Å². The summed E-state index contributed by atoms with van der Waals surface area (Å²) in [5, 5.41) is 13.4.